The highest BCUT2D eigenvalue weighted by molar-refractivity contribution is 7.84. The van der Waals surface area contributed by atoms with Gasteiger partial charge < -0.3 is 5.73 Å². The minimum atomic E-state index is -0.876. The summed E-state index contributed by atoms with van der Waals surface area (Å²) in [5.41, 5.74) is 8.95. The van der Waals surface area contributed by atoms with Gasteiger partial charge in [0.15, 0.2) is 0 Å². The van der Waals surface area contributed by atoms with E-state index in [1.54, 1.807) is 0 Å². The van der Waals surface area contributed by atoms with Crippen LogP contribution >= 0.6 is 0 Å². The fraction of sp³-hybridized carbons (Fsp3) is 0.667. The molecule has 1 aromatic rings. The maximum atomic E-state index is 12.8. The van der Waals surface area contributed by atoms with Crippen molar-refractivity contribution in [2.24, 2.45) is 17.1 Å². The van der Waals surface area contributed by atoms with E-state index in [1.165, 1.54) is 17.5 Å². The summed E-state index contributed by atoms with van der Waals surface area (Å²) in [5, 5.41) is 0.142. The summed E-state index contributed by atoms with van der Waals surface area (Å²) >= 11 is 0. The summed E-state index contributed by atoms with van der Waals surface area (Å²) in [7, 11) is -0.876. The van der Waals surface area contributed by atoms with Crippen molar-refractivity contribution in [3.63, 3.8) is 0 Å². The number of hydrogen-bond acceptors (Lipinski definition) is 2. The summed E-state index contributed by atoms with van der Waals surface area (Å²) in [6, 6.07) is 8.41. The van der Waals surface area contributed by atoms with E-state index in [2.05, 4.69) is 45.9 Å². The fourth-order valence-electron chi connectivity index (χ4n) is 3.31. The molecule has 1 fully saturated rings. The van der Waals surface area contributed by atoms with Gasteiger partial charge >= 0.3 is 0 Å². The van der Waals surface area contributed by atoms with Crippen molar-refractivity contribution >= 4 is 10.8 Å². The van der Waals surface area contributed by atoms with E-state index < -0.39 is 10.8 Å². The molecule has 0 amide bonds. The summed E-state index contributed by atoms with van der Waals surface area (Å²) < 4.78 is 12.8. The molecule has 0 heterocycles. The molecular weight excluding hydrogens is 278 g/mol. The molecule has 21 heavy (non-hydrogen) atoms. The first-order valence-electron chi connectivity index (χ1n) is 7.95. The molecule has 0 aromatic heterocycles. The number of rotatable bonds is 3. The van der Waals surface area contributed by atoms with E-state index in [1.807, 2.05) is 6.07 Å². The maximum Gasteiger partial charge on any atom is 0.0505 e. The Labute approximate surface area is 132 Å². The molecule has 2 N–H and O–H groups in total. The lowest BCUT2D eigenvalue weighted by Crippen LogP contribution is -2.45. The lowest BCUT2D eigenvalue weighted by atomic mass is 9.71. The minimum Gasteiger partial charge on any atom is -0.327 e. The molecule has 0 radical (unpaired) electrons. The molecule has 1 aromatic carbocycles. The van der Waals surface area contributed by atoms with Crippen molar-refractivity contribution in [3.05, 3.63) is 35.4 Å². The van der Waals surface area contributed by atoms with Crippen LogP contribution in [0, 0.1) is 18.3 Å². The van der Waals surface area contributed by atoms with E-state index in [-0.39, 0.29) is 16.7 Å². The Hall–Kier alpha value is -0.670. The van der Waals surface area contributed by atoms with Gasteiger partial charge in [0.2, 0.25) is 0 Å². The molecule has 0 aliphatic heterocycles. The molecule has 2 rings (SSSR count). The zero-order chi connectivity index (χ0) is 15.6. The normalized spacial score (nSPS) is 28.3. The van der Waals surface area contributed by atoms with Crippen molar-refractivity contribution < 1.29 is 4.21 Å². The Kier molecular flexibility index (Phi) is 5.26. The zero-order valence-electron chi connectivity index (χ0n) is 13.8. The molecule has 0 bridgehead atoms. The van der Waals surface area contributed by atoms with Gasteiger partial charge in [-0.2, -0.15) is 0 Å². The third kappa shape index (κ3) is 4.40. The lowest BCUT2D eigenvalue weighted by Gasteiger charge is -2.40. The Morgan fingerprint density at radius 1 is 1.29 bits per heavy atom. The molecule has 4 atom stereocenters. The van der Waals surface area contributed by atoms with Crippen molar-refractivity contribution in [3.8, 4) is 0 Å². The third-order valence-electron chi connectivity index (χ3n) is 4.80. The largest absolute Gasteiger partial charge is 0.327 e. The van der Waals surface area contributed by atoms with Crippen molar-refractivity contribution in [2.45, 2.75) is 64.0 Å². The van der Waals surface area contributed by atoms with Crippen molar-refractivity contribution in [1.82, 2.24) is 0 Å². The molecule has 1 saturated carbocycles. The first kappa shape index (κ1) is 16.7. The molecular formula is C18H29NOS. The quantitative estimate of drug-likeness (QED) is 0.923. The first-order valence-corrected chi connectivity index (χ1v) is 9.34. The molecule has 1 aliphatic carbocycles. The summed E-state index contributed by atoms with van der Waals surface area (Å²) in [5.74, 6) is 1.26. The summed E-state index contributed by atoms with van der Waals surface area (Å²) in [6.07, 6.45) is 3.18. The molecule has 0 saturated heterocycles. The predicted molar refractivity (Wildman–Crippen MR) is 91.6 cm³/mol. The van der Waals surface area contributed by atoms with E-state index >= 15 is 0 Å². The second-order valence-electron chi connectivity index (χ2n) is 7.59. The van der Waals surface area contributed by atoms with Crippen LogP contribution in [0.2, 0.25) is 0 Å². The van der Waals surface area contributed by atoms with E-state index in [0.717, 1.165) is 12.8 Å². The molecule has 118 valence electrons. The fourth-order valence-corrected chi connectivity index (χ4v) is 5.01. The maximum absolute atomic E-state index is 12.8. The van der Waals surface area contributed by atoms with Gasteiger partial charge in [-0.3, -0.25) is 4.21 Å². The zero-order valence-corrected chi connectivity index (χ0v) is 14.6. The highest BCUT2D eigenvalue weighted by Crippen LogP contribution is 2.39. The van der Waals surface area contributed by atoms with Crippen LogP contribution in [-0.4, -0.2) is 15.5 Å². The number of hydrogen-bond donors (Lipinski definition) is 1. The molecule has 3 heteroatoms. The van der Waals surface area contributed by atoms with Crippen LogP contribution in [0.5, 0.6) is 0 Å². The average molecular weight is 308 g/mol. The number of aryl methyl sites for hydroxylation is 1. The predicted octanol–water partition coefficient (Wildman–Crippen LogP) is 3.79. The van der Waals surface area contributed by atoms with Crippen LogP contribution in [0.3, 0.4) is 0 Å². The minimum absolute atomic E-state index is 0.0919. The van der Waals surface area contributed by atoms with Gasteiger partial charge in [0, 0.05) is 22.6 Å². The Bertz CT molecular complexity index is 506. The monoisotopic (exact) mass is 307 g/mol. The van der Waals surface area contributed by atoms with Gasteiger partial charge in [-0.15, -0.1) is 0 Å². The van der Waals surface area contributed by atoms with Gasteiger partial charge in [-0.05, 0) is 43.1 Å². The van der Waals surface area contributed by atoms with Gasteiger partial charge in [0.25, 0.3) is 0 Å². The van der Waals surface area contributed by atoms with Crippen LogP contribution in [0.1, 0.15) is 51.2 Å². The highest BCUT2D eigenvalue weighted by Gasteiger charge is 2.37. The summed E-state index contributed by atoms with van der Waals surface area (Å²) in [6.45, 7) is 8.94. The SMILES string of the molecule is Cc1cccc(CS(=O)C2CC(C(C)(C)C)CCC2N)c1. The molecule has 2 nitrogen and oxygen atoms in total. The van der Waals surface area contributed by atoms with Crippen LogP contribution in [0.4, 0.5) is 0 Å². The Morgan fingerprint density at radius 3 is 2.62 bits per heavy atom. The standard InChI is InChI=1S/C18H29NOS/c1-13-6-5-7-14(10-13)12-21(20)17-11-15(18(2,3)4)8-9-16(17)19/h5-7,10,15-17H,8-9,11-12,19H2,1-4H3. The molecule has 4 unspecified atom stereocenters. The van der Waals surface area contributed by atoms with Gasteiger partial charge in [-0.25, -0.2) is 0 Å². The van der Waals surface area contributed by atoms with E-state index in [0.29, 0.717) is 11.7 Å². The Balaban J connectivity index is 2.06. The smallest absolute Gasteiger partial charge is 0.0505 e. The second-order valence-corrected chi connectivity index (χ2v) is 9.25. The van der Waals surface area contributed by atoms with Gasteiger partial charge in [-0.1, -0.05) is 50.6 Å². The molecule has 1 aliphatic rings. The lowest BCUT2D eigenvalue weighted by molar-refractivity contribution is 0.173. The van der Waals surface area contributed by atoms with Crippen LogP contribution < -0.4 is 5.73 Å². The van der Waals surface area contributed by atoms with Crippen LogP contribution in [-0.2, 0) is 16.6 Å². The first-order chi connectivity index (χ1) is 9.77. The van der Waals surface area contributed by atoms with Crippen LogP contribution in [0.15, 0.2) is 24.3 Å². The number of benzene rings is 1. The summed E-state index contributed by atoms with van der Waals surface area (Å²) in [4.78, 5) is 0. The third-order valence-corrected chi connectivity index (χ3v) is 6.63. The van der Waals surface area contributed by atoms with E-state index in [9.17, 15) is 4.21 Å². The van der Waals surface area contributed by atoms with Gasteiger partial charge in [0.05, 0.1) is 5.25 Å². The average Bonchev–Trinajstić information content (AvgIpc) is 2.37. The Morgan fingerprint density at radius 2 is 2.00 bits per heavy atom. The van der Waals surface area contributed by atoms with Crippen molar-refractivity contribution in [1.29, 1.82) is 0 Å². The van der Waals surface area contributed by atoms with Crippen molar-refractivity contribution in [2.75, 3.05) is 0 Å². The molecule has 0 spiro atoms. The van der Waals surface area contributed by atoms with E-state index in [4.69, 9.17) is 5.73 Å². The number of nitrogens with two attached hydrogens (primary N) is 1. The topological polar surface area (TPSA) is 43.1 Å². The van der Waals surface area contributed by atoms with Crippen LogP contribution in [0.25, 0.3) is 0 Å². The highest BCUT2D eigenvalue weighted by atomic mass is 32.2. The van der Waals surface area contributed by atoms with Gasteiger partial charge in [0.1, 0.15) is 0 Å². The second kappa shape index (κ2) is 6.62.